The summed E-state index contributed by atoms with van der Waals surface area (Å²) in [6.07, 6.45) is 2.95. The first-order valence-corrected chi connectivity index (χ1v) is 8.93. The number of nitrogen functional groups attached to an aromatic ring is 1. The van der Waals surface area contributed by atoms with Crippen LogP contribution in [-0.4, -0.2) is 4.98 Å². The number of nitrogens with two attached hydrogens (primary N) is 1. The molecule has 0 amide bonds. The van der Waals surface area contributed by atoms with Gasteiger partial charge in [0.15, 0.2) is 0 Å². The maximum absolute atomic E-state index is 5.76. The lowest BCUT2D eigenvalue weighted by atomic mass is 10.1. The summed E-state index contributed by atoms with van der Waals surface area (Å²) in [5.41, 5.74) is 11.5. The molecule has 1 aromatic heterocycles. The second-order valence-electron chi connectivity index (χ2n) is 5.70. The summed E-state index contributed by atoms with van der Waals surface area (Å²) in [4.78, 5) is 6.27. The highest BCUT2D eigenvalue weighted by atomic mass is 32.1. The fourth-order valence-corrected chi connectivity index (χ4v) is 3.71. The Morgan fingerprint density at radius 3 is 2.13 bits per heavy atom. The van der Waals surface area contributed by atoms with Gasteiger partial charge < -0.3 is 5.73 Å². The number of nitrogens with zero attached hydrogens (tertiary/aromatic N) is 1. The van der Waals surface area contributed by atoms with Crippen LogP contribution in [0.25, 0.3) is 11.3 Å². The number of thiazole rings is 1. The predicted molar refractivity (Wildman–Crippen MR) is 100.0 cm³/mol. The Morgan fingerprint density at radius 2 is 1.52 bits per heavy atom. The summed E-state index contributed by atoms with van der Waals surface area (Å²) in [7, 11) is 0. The van der Waals surface area contributed by atoms with Crippen LogP contribution >= 0.6 is 11.3 Å². The third-order valence-electron chi connectivity index (χ3n) is 4.03. The standard InChI is InChI=1S/C20H22N2S/c1-3-14-5-9-16(10-6-14)20-18(4-2)23-19(22-20)13-15-7-11-17(21)12-8-15/h5-12H,3-4,13,21H2,1-2H3. The molecule has 2 aromatic carbocycles. The van der Waals surface area contributed by atoms with Crippen molar-refractivity contribution in [1.29, 1.82) is 0 Å². The smallest absolute Gasteiger partial charge is 0.0979 e. The van der Waals surface area contributed by atoms with E-state index in [0.29, 0.717) is 0 Å². The van der Waals surface area contributed by atoms with Crippen LogP contribution in [0, 0.1) is 0 Å². The Labute approximate surface area is 142 Å². The lowest BCUT2D eigenvalue weighted by Crippen LogP contribution is -1.90. The molecule has 0 radical (unpaired) electrons. The molecule has 0 aliphatic rings. The van der Waals surface area contributed by atoms with Gasteiger partial charge in [0.25, 0.3) is 0 Å². The molecule has 0 aliphatic carbocycles. The minimum atomic E-state index is 0.804. The summed E-state index contributed by atoms with van der Waals surface area (Å²) in [6.45, 7) is 4.38. The van der Waals surface area contributed by atoms with E-state index in [-0.39, 0.29) is 0 Å². The minimum absolute atomic E-state index is 0.804. The van der Waals surface area contributed by atoms with Gasteiger partial charge in [-0.25, -0.2) is 4.98 Å². The Bertz CT molecular complexity index is 770. The van der Waals surface area contributed by atoms with Crippen molar-refractivity contribution in [2.75, 3.05) is 5.73 Å². The number of benzene rings is 2. The molecule has 3 rings (SSSR count). The number of aromatic nitrogens is 1. The molecule has 0 bridgehead atoms. The van der Waals surface area contributed by atoms with E-state index in [1.807, 2.05) is 23.5 Å². The average Bonchev–Trinajstić information content (AvgIpc) is 3.00. The van der Waals surface area contributed by atoms with Crippen LogP contribution in [0.3, 0.4) is 0 Å². The van der Waals surface area contributed by atoms with Gasteiger partial charge in [-0.3, -0.25) is 0 Å². The van der Waals surface area contributed by atoms with E-state index in [2.05, 4.69) is 50.2 Å². The Kier molecular flexibility index (Phi) is 4.77. The SMILES string of the molecule is CCc1ccc(-c2nc(Cc3ccc(N)cc3)sc2CC)cc1. The second kappa shape index (κ2) is 6.97. The van der Waals surface area contributed by atoms with Crippen LogP contribution in [0.4, 0.5) is 5.69 Å². The van der Waals surface area contributed by atoms with Crippen LogP contribution in [0.15, 0.2) is 48.5 Å². The zero-order valence-corrected chi connectivity index (χ0v) is 14.5. The molecule has 118 valence electrons. The first-order valence-electron chi connectivity index (χ1n) is 8.12. The molecule has 2 nitrogen and oxygen atoms in total. The van der Waals surface area contributed by atoms with E-state index in [4.69, 9.17) is 10.7 Å². The van der Waals surface area contributed by atoms with Crippen molar-refractivity contribution >= 4 is 17.0 Å². The molecule has 0 fully saturated rings. The zero-order valence-electron chi connectivity index (χ0n) is 13.7. The quantitative estimate of drug-likeness (QED) is 0.663. The molecule has 0 aliphatic heterocycles. The van der Waals surface area contributed by atoms with Crippen LogP contribution < -0.4 is 5.73 Å². The summed E-state index contributed by atoms with van der Waals surface area (Å²) >= 11 is 1.82. The molecular weight excluding hydrogens is 300 g/mol. The number of hydrogen-bond acceptors (Lipinski definition) is 3. The number of anilines is 1. The van der Waals surface area contributed by atoms with Crippen molar-refractivity contribution < 1.29 is 0 Å². The van der Waals surface area contributed by atoms with Crippen LogP contribution in [0.1, 0.15) is 34.9 Å². The minimum Gasteiger partial charge on any atom is -0.399 e. The summed E-state index contributed by atoms with van der Waals surface area (Å²) in [5, 5.41) is 1.17. The maximum atomic E-state index is 5.76. The summed E-state index contributed by atoms with van der Waals surface area (Å²) in [6, 6.07) is 16.9. The van der Waals surface area contributed by atoms with Gasteiger partial charge in [-0.15, -0.1) is 11.3 Å². The van der Waals surface area contributed by atoms with Crippen molar-refractivity contribution in [1.82, 2.24) is 4.98 Å². The van der Waals surface area contributed by atoms with E-state index in [1.165, 1.54) is 26.6 Å². The molecule has 2 N–H and O–H groups in total. The van der Waals surface area contributed by atoms with Crippen LogP contribution in [0.2, 0.25) is 0 Å². The van der Waals surface area contributed by atoms with E-state index in [9.17, 15) is 0 Å². The van der Waals surface area contributed by atoms with Gasteiger partial charge in [0, 0.05) is 22.5 Å². The third-order valence-corrected chi connectivity index (χ3v) is 5.23. The number of rotatable bonds is 5. The number of aryl methyl sites for hydroxylation is 2. The topological polar surface area (TPSA) is 38.9 Å². The fraction of sp³-hybridized carbons (Fsp3) is 0.250. The average molecular weight is 322 g/mol. The lowest BCUT2D eigenvalue weighted by molar-refractivity contribution is 1.12. The molecule has 0 saturated carbocycles. The van der Waals surface area contributed by atoms with Crippen molar-refractivity contribution in [2.45, 2.75) is 33.1 Å². The van der Waals surface area contributed by atoms with Crippen LogP contribution in [-0.2, 0) is 19.3 Å². The van der Waals surface area contributed by atoms with Gasteiger partial charge in [0.1, 0.15) is 0 Å². The Balaban J connectivity index is 1.88. The van der Waals surface area contributed by atoms with Crippen LogP contribution in [0.5, 0.6) is 0 Å². The molecule has 0 unspecified atom stereocenters. The molecule has 0 atom stereocenters. The fourth-order valence-electron chi connectivity index (χ4n) is 2.65. The van der Waals surface area contributed by atoms with Crippen molar-refractivity contribution in [2.24, 2.45) is 0 Å². The van der Waals surface area contributed by atoms with Gasteiger partial charge in [0.2, 0.25) is 0 Å². The predicted octanol–water partition coefficient (Wildman–Crippen LogP) is 5.11. The van der Waals surface area contributed by atoms with Gasteiger partial charge in [-0.1, -0.05) is 50.2 Å². The van der Waals surface area contributed by atoms with E-state index < -0.39 is 0 Å². The molecular formula is C20H22N2S. The van der Waals surface area contributed by atoms with Crippen molar-refractivity contribution in [3.05, 3.63) is 69.5 Å². The Morgan fingerprint density at radius 1 is 0.870 bits per heavy atom. The molecule has 3 aromatic rings. The van der Waals surface area contributed by atoms with Gasteiger partial charge in [-0.2, -0.15) is 0 Å². The normalized spacial score (nSPS) is 10.9. The van der Waals surface area contributed by atoms with Gasteiger partial charge >= 0.3 is 0 Å². The van der Waals surface area contributed by atoms with Gasteiger partial charge in [-0.05, 0) is 36.1 Å². The zero-order chi connectivity index (χ0) is 16.2. The lowest BCUT2D eigenvalue weighted by Gasteiger charge is -2.02. The Hall–Kier alpha value is -2.13. The molecule has 3 heteroatoms. The van der Waals surface area contributed by atoms with E-state index in [0.717, 1.165) is 30.6 Å². The molecule has 23 heavy (non-hydrogen) atoms. The maximum Gasteiger partial charge on any atom is 0.0979 e. The first kappa shape index (κ1) is 15.8. The molecule has 0 spiro atoms. The first-order chi connectivity index (χ1) is 11.2. The monoisotopic (exact) mass is 322 g/mol. The summed E-state index contributed by atoms with van der Waals surface area (Å²) in [5.74, 6) is 0. The highest BCUT2D eigenvalue weighted by Gasteiger charge is 2.12. The summed E-state index contributed by atoms with van der Waals surface area (Å²) < 4.78 is 0. The third kappa shape index (κ3) is 3.62. The highest BCUT2D eigenvalue weighted by Crippen LogP contribution is 2.30. The molecule has 1 heterocycles. The highest BCUT2D eigenvalue weighted by molar-refractivity contribution is 7.12. The molecule has 0 saturated heterocycles. The van der Waals surface area contributed by atoms with Crippen molar-refractivity contribution in [3.63, 3.8) is 0 Å². The van der Waals surface area contributed by atoms with E-state index >= 15 is 0 Å². The van der Waals surface area contributed by atoms with Gasteiger partial charge in [0.05, 0.1) is 10.7 Å². The largest absolute Gasteiger partial charge is 0.399 e. The second-order valence-corrected chi connectivity index (χ2v) is 6.87. The van der Waals surface area contributed by atoms with Crippen molar-refractivity contribution in [3.8, 4) is 11.3 Å². The van der Waals surface area contributed by atoms with E-state index in [1.54, 1.807) is 0 Å². The number of hydrogen-bond donors (Lipinski definition) is 1.